The van der Waals surface area contributed by atoms with Gasteiger partial charge in [0.1, 0.15) is 28.8 Å². The van der Waals surface area contributed by atoms with Crippen LogP contribution in [-0.2, 0) is 6.11 Å². The van der Waals surface area contributed by atoms with Crippen molar-refractivity contribution in [2.24, 2.45) is 5.92 Å². The van der Waals surface area contributed by atoms with Crippen molar-refractivity contribution in [1.82, 2.24) is 0 Å². The molecule has 4 aromatic carbocycles. The van der Waals surface area contributed by atoms with E-state index >= 15 is 4.39 Å². The molecule has 1 nitrogen and oxygen atoms in total. The Morgan fingerprint density at radius 2 is 1.30 bits per heavy atom. The van der Waals surface area contributed by atoms with Crippen molar-refractivity contribution in [1.29, 1.82) is 0 Å². The highest BCUT2D eigenvalue weighted by Crippen LogP contribution is 2.39. The van der Waals surface area contributed by atoms with Crippen molar-refractivity contribution in [2.45, 2.75) is 70.3 Å². The molecule has 0 bridgehead atoms. The predicted molar refractivity (Wildman–Crippen MR) is 167 cm³/mol. The molecule has 47 heavy (non-hydrogen) atoms. The highest BCUT2D eigenvalue weighted by atomic mass is 19.3. The predicted octanol–water partition coefficient (Wildman–Crippen LogP) is 12.3. The lowest BCUT2D eigenvalue weighted by Gasteiger charge is -2.29. The molecule has 0 unspecified atom stereocenters. The topological polar surface area (TPSA) is 9.23 Å². The fourth-order valence-corrected chi connectivity index (χ4v) is 6.20. The first-order valence-corrected chi connectivity index (χ1v) is 15.7. The average molecular weight is 659 g/mol. The number of alkyl halides is 2. The second kappa shape index (κ2) is 14.7. The van der Waals surface area contributed by atoms with Crippen LogP contribution < -0.4 is 4.74 Å². The van der Waals surface area contributed by atoms with Crippen LogP contribution in [0.3, 0.4) is 0 Å². The molecule has 0 amide bonds. The van der Waals surface area contributed by atoms with Gasteiger partial charge in [-0.1, -0.05) is 81.2 Å². The van der Waals surface area contributed by atoms with E-state index in [1.54, 1.807) is 6.07 Å². The standard InChI is InChI=1S/C38H34F8O/c1-2-3-4-5-23-6-9-25(10-7-23)26-12-14-27(15-13-26)29-17-16-28(31(39)20-29)11-8-24-18-32(40)36(33(41)19-24)38(45,46)47-30-21-34(42)37(44)35(43)22-30/h8,11-23,25H,2-7,9-10H2,1H3. The van der Waals surface area contributed by atoms with Crippen molar-refractivity contribution in [2.75, 3.05) is 0 Å². The monoisotopic (exact) mass is 658 g/mol. The molecule has 5 rings (SSSR count). The van der Waals surface area contributed by atoms with Gasteiger partial charge in [-0.05, 0) is 78.0 Å². The summed E-state index contributed by atoms with van der Waals surface area (Å²) >= 11 is 0. The van der Waals surface area contributed by atoms with E-state index in [0.29, 0.717) is 23.6 Å². The van der Waals surface area contributed by atoms with Gasteiger partial charge in [0.15, 0.2) is 17.5 Å². The molecule has 0 aliphatic heterocycles. The van der Waals surface area contributed by atoms with E-state index in [0.717, 1.165) is 17.6 Å². The Labute approximate surface area is 268 Å². The normalized spacial score (nSPS) is 17.0. The molecule has 1 aliphatic carbocycles. The minimum absolute atomic E-state index is 0.0972. The van der Waals surface area contributed by atoms with Crippen LogP contribution >= 0.6 is 0 Å². The van der Waals surface area contributed by atoms with E-state index in [1.807, 2.05) is 12.1 Å². The lowest BCUT2D eigenvalue weighted by Crippen LogP contribution is -2.25. The molecule has 0 aromatic heterocycles. The third kappa shape index (κ3) is 8.24. The van der Waals surface area contributed by atoms with E-state index in [9.17, 15) is 30.7 Å². The number of benzene rings is 4. The summed E-state index contributed by atoms with van der Waals surface area (Å²) in [7, 11) is 0. The fourth-order valence-electron chi connectivity index (χ4n) is 6.20. The number of hydrogen-bond acceptors (Lipinski definition) is 1. The van der Waals surface area contributed by atoms with Crippen molar-refractivity contribution >= 4 is 12.2 Å². The molecule has 248 valence electrons. The zero-order valence-electron chi connectivity index (χ0n) is 25.7. The lowest BCUT2D eigenvalue weighted by molar-refractivity contribution is -0.189. The van der Waals surface area contributed by atoms with Crippen molar-refractivity contribution in [3.8, 4) is 16.9 Å². The van der Waals surface area contributed by atoms with Crippen molar-refractivity contribution in [3.05, 3.63) is 124 Å². The minimum atomic E-state index is -4.71. The van der Waals surface area contributed by atoms with Gasteiger partial charge in [0, 0.05) is 17.7 Å². The second-order valence-electron chi connectivity index (χ2n) is 12.1. The Balaban J connectivity index is 1.24. The molecule has 0 spiro atoms. The Hall–Kier alpha value is -4.14. The molecule has 1 aliphatic rings. The Morgan fingerprint density at radius 3 is 1.89 bits per heavy atom. The molecule has 0 radical (unpaired) electrons. The Morgan fingerprint density at radius 1 is 0.681 bits per heavy atom. The number of ether oxygens (including phenoxy) is 1. The van der Waals surface area contributed by atoms with Gasteiger partial charge in [-0.2, -0.15) is 8.78 Å². The molecular formula is C38H34F8O. The van der Waals surface area contributed by atoms with Crippen LogP contribution in [0.25, 0.3) is 23.3 Å². The summed E-state index contributed by atoms with van der Waals surface area (Å²) in [5, 5.41) is 0. The summed E-state index contributed by atoms with van der Waals surface area (Å²) in [6.45, 7) is 2.22. The molecular weight excluding hydrogens is 624 g/mol. The molecule has 0 atom stereocenters. The zero-order chi connectivity index (χ0) is 33.7. The molecule has 0 saturated heterocycles. The maximum absolute atomic E-state index is 15.0. The number of hydrogen-bond donors (Lipinski definition) is 0. The van der Waals surface area contributed by atoms with E-state index < -0.39 is 52.3 Å². The summed E-state index contributed by atoms with van der Waals surface area (Å²) in [5.41, 5.74) is 0.846. The minimum Gasteiger partial charge on any atom is -0.429 e. The van der Waals surface area contributed by atoms with Gasteiger partial charge >= 0.3 is 6.11 Å². The molecule has 0 N–H and O–H groups in total. The molecule has 4 aromatic rings. The number of rotatable bonds is 11. The Bertz CT molecular complexity index is 1680. The molecule has 1 saturated carbocycles. The van der Waals surface area contributed by atoms with E-state index in [1.165, 1.54) is 75.1 Å². The van der Waals surface area contributed by atoms with Gasteiger partial charge < -0.3 is 4.74 Å². The summed E-state index contributed by atoms with van der Waals surface area (Å²) in [4.78, 5) is 0. The third-order valence-corrected chi connectivity index (χ3v) is 8.79. The van der Waals surface area contributed by atoms with Gasteiger partial charge in [0.05, 0.1) is 0 Å². The van der Waals surface area contributed by atoms with Crippen LogP contribution in [-0.4, -0.2) is 0 Å². The second-order valence-corrected chi connectivity index (χ2v) is 12.1. The summed E-state index contributed by atoms with van der Waals surface area (Å²) in [6, 6.07) is 14.1. The average Bonchev–Trinajstić information content (AvgIpc) is 3.03. The smallest absolute Gasteiger partial charge is 0.429 e. The maximum Gasteiger partial charge on any atom is 0.432 e. The van der Waals surface area contributed by atoms with Gasteiger partial charge in [0.2, 0.25) is 0 Å². The van der Waals surface area contributed by atoms with Gasteiger partial charge in [-0.25, -0.2) is 26.3 Å². The number of halogens is 8. The summed E-state index contributed by atoms with van der Waals surface area (Å²) in [6.07, 6.45) is 7.71. The van der Waals surface area contributed by atoms with Crippen LogP contribution in [0, 0.1) is 40.8 Å². The molecule has 0 heterocycles. The largest absolute Gasteiger partial charge is 0.432 e. The van der Waals surface area contributed by atoms with Crippen molar-refractivity contribution < 1.29 is 39.9 Å². The maximum atomic E-state index is 15.0. The third-order valence-electron chi connectivity index (χ3n) is 8.79. The highest BCUT2D eigenvalue weighted by molar-refractivity contribution is 5.73. The van der Waals surface area contributed by atoms with E-state index in [4.69, 9.17) is 0 Å². The molecule has 9 heteroatoms. The van der Waals surface area contributed by atoms with Crippen LogP contribution in [0.2, 0.25) is 0 Å². The first kappa shape index (κ1) is 34.2. The van der Waals surface area contributed by atoms with E-state index in [2.05, 4.69) is 23.8 Å². The van der Waals surface area contributed by atoms with Crippen LogP contribution in [0.5, 0.6) is 5.75 Å². The first-order valence-electron chi connectivity index (χ1n) is 15.7. The lowest BCUT2D eigenvalue weighted by atomic mass is 9.77. The fraction of sp³-hybridized carbons (Fsp3) is 0.316. The number of unbranched alkanes of at least 4 members (excludes halogenated alkanes) is 2. The van der Waals surface area contributed by atoms with E-state index in [-0.39, 0.29) is 23.3 Å². The Kier molecular flexibility index (Phi) is 10.7. The van der Waals surface area contributed by atoms with Crippen LogP contribution in [0.1, 0.15) is 86.5 Å². The quantitative estimate of drug-likeness (QED) is 0.0674. The van der Waals surface area contributed by atoms with Crippen molar-refractivity contribution in [3.63, 3.8) is 0 Å². The summed E-state index contributed by atoms with van der Waals surface area (Å²) in [5.74, 6) is -9.44. The van der Waals surface area contributed by atoms with Gasteiger partial charge in [-0.15, -0.1) is 0 Å². The highest BCUT2D eigenvalue weighted by Gasteiger charge is 2.41. The van der Waals surface area contributed by atoms with Crippen LogP contribution in [0.4, 0.5) is 35.1 Å². The SMILES string of the molecule is CCCCCC1CCC(c2ccc(-c3ccc(C=Cc4cc(F)c(C(F)(F)Oc5cc(F)c(F)c(F)c5)c(F)c4)c(F)c3)cc2)CC1. The zero-order valence-corrected chi connectivity index (χ0v) is 25.7. The molecule has 1 fully saturated rings. The summed E-state index contributed by atoms with van der Waals surface area (Å²) < 4.78 is 118. The first-order chi connectivity index (χ1) is 22.4. The van der Waals surface area contributed by atoms with Gasteiger partial charge in [0.25, 0.3) is 0 Å². The van der Waals surface area contributed by atoms with Crippen LogP contribution in [0.15, 0.2) is 66.7 Å². The van der Waals surface area contributed by atoms with Gasteiger partial charge in [-0.3, -0.25) is 0 Å².